The highest BCUT2D eigenvalue weighted by molar-refractivity contribution is 5.99. The molecule has 4 heteroatoms. The fourth-order valence-corrected chi connectivity index (χ4v) is 5.37. The molecular formula is C33H50NO3+. The van der Waals surface area contributed by atoms with E-state index in [1.165, 1.54) is 86.6 Å². The molecule has 4 nitrogen and oxygen atoms in total. The first kappa shape index (κ1) is 29.1. The number of hydrogen-bond acceptors (Lipinski definition) is 3. The first-order valence-electron chi connectivity index (χ1n) is 14.8. The zero-order valence-corrected chi connectivity index (χ0v) is 23.9. The molecule has 2 aromatic rings. The molecule has 0 N–H and O–H groups in total. The van der Waals surface area contributed by atoms with Gasteiger partial charge in [-0.05, 0) is 49.2 Å². The number of rotatable bonds is 18. The van der Waals surface area contributed by atoms with E-state index in [1.807, 2.05) is 0 Å². The molecule has 2 aromatic carbocycles. The summed E-state index contributed by atoms with van der Waals surface area (Å²) >= 11 is 0. The van der Waals surface area contributed by atoms with Gasteiger partial charge in [-0.1, -0.05) is 71.6 Å². The molecule has 1 aliphatic rings. The minimum Gasteiger partial charge on any atom is -0.497 e. The largest absolute Gasteiger partial charge is 0.497 e. The summed E-state index contributed by atoms with van der Waals surface area (Å²) in [6, 6.07) is 12.9. The molecule has 0 radical (unpaired) electrons. The van der Waals surface area contributed by atoms with Crippen molar-refractivity contribution in [1.29, 1.82) is 0 Å². The molecule has 0 unspecified atom stereocenters. The number of nitrogens with zero attached hydrogens (tertiary/aromatic N) is 1. The average molecular weight is 509 g/mol. The van der Waals surface area contributed by atoms with Crippen molar-refractivity contribution in [2.75, 3.05) is 27.4 Å². The van der Waals surface area contributed by atoms with Gasteiger partial charge in [0.15, 0.2) is 23.8 Å². The predicted octanol–water partition coefficient (Wildman–Crippen LogP) is 8.36. The van der Waals surface area contributed by atoms with E-state index in [1.54, 1.807) is 14.2 Å². The third-order valence-corrected chi connectivity index (χ3v) is 7.56. The van der Waals surface area contributed by atoms with Crippen LogP contribution < -0.4 is 14.2 Å². The van der Waals surface area contributed by atoms with Crippen LogP contribution >= 0.6 is 0 Å². The molecule has 0 aliphatic carbocycles. The van der Waals surface area contributed by atoms with E-state index < -0.39 is 0 Å². The fraction of sp³-hybridized carbons (Fsp3) is 0.606. The van der Waals surface area contributed by atoms with Gasteiger partial charge in [-0.3, -0.25) is 0 Å². The van der Waals surface area contributed by atoms with Gasteiger partial charge in [0.05, 0.1) is 20.8 Å². The topological polar surface area (TPSA) is 30.7 Å². The lowest BCUT2D eigenvalue weighted by molar-refractivity contribution is -0.545. The lowest BCUT2D eigenvalue weighted by atomic mass is 9.92. The second-order valence-corrected chi connectivity index (χ2v) is 10.4. The molecule has 37 heavy (non-hydrogen) atoms. The Morgan fingerprint density at radius 1 is 0.730 bits per heavy atom. The van der Waals surface area contributed by atoms with Crippen molar-refractivity contribution in [2.24, 2.45) is 0 Å². The Labute approximate surface area is 226 Å². The van der Waals surface area contributed by atoms with E-state index in [0.29, 0.717) is 0 Å². The third-order valence-electron chi connectivity index (χ3n) is 7.56. The molecule has 0 saturated heterocycles. The van der Waals surface area contributed by atoms with Gasteiger partial charge in [0.1, 0.15) is 12.3 Å². The van der Waals surface area contributed by atoms with Crippen LogP contribution in [-0.2, 0) is 13.0 Å². The second kappa shape index (κ2) is 16.4. The maximum atomic E-state index is 6.45. The Morgan fingerprint density at radius 3 is 2.08 bits per heavy atom. The summed E-state index contributed by atoms with van der Waals surface area (Å²) in [6.45, 7) is 7.24. The van der Waals surface area contributed by atoms with Crippen LogP contribution in [0.2, 0.25) is 0 Å². The van der Waals surface area contributed by atoms with Crippen LogP contribution in [0.5, 0.6) is 17.2 Å². The molecule has 0 bridgehead atoms. The fourth-order valence-electron chi connectivity index (χ4n) is 5.37. The summed E-state index contributed by atoms with van der Waals surface area (Å²) in [7, 11) is 3.48. The van der Waals surface area contributed by atoms with Crippen molar-refractivity contribution in [2.45, 2.75) is 104 Å². The van der Waals surface area contributed by atoms with Gasteiger partial charge in [-0.2, -0.15) is 0 Å². The zero-order chi connectivity index (χ0) is 26.3. The highest BCUT2D eigenvalue weighted by Gasteiger charge is 2.29. The second-order valence-electron chi connectivity index (χ2n) is 10.4. The molecule has 0 saturated carbocycles. The third kappa shape index (κ3) is 8.79. The maximum Gasteiger partial charge on any atom is 0.184 e. The normalized spacial score (nSPS) is 13.0. The highest BCUT2D eigenvalue weighted by Crippen LogP contribution is 2.37. The van der Waals surface area contributed by atoms with E-state index in [4.69, 9.17) is 14.2 Å². The molecule has 3 rings (SSSR count). The Bertz CT molecular complexity index is 964. The van der Waals surface area contributed by atoms with Crippen molar-refractivity contribution in [3.63, 3.8) is 0 Å². The number of ether oxygens (including phenoxy) is 3. The standard InChI is InChI=1S/C33H50NO3/c1-5-7-9-11-13-15-25-37-33-30-23-24-34(26-27-17-19-28(35-3)20-18-27)31(16-14-12-10-8-6-2)29(30)21-22-32(33)36-4/h17-22H,5-16,23-26H2,1-4H3/q+1. The number of unbranched alkanes of at least 4 members (excludes halogenated alkanes) is 9. The molecule has 0 amide bonds. The highest BCUT2D eigenvalue weighted by atomic mass is 16.5. The van der Waals surface area contributed by atoms with Crippen LogP contribution in [0.3, 0.4) is 0 Å². The van der Waals surface area contributed by atoms with Crippen molar-refractivity contribution in [3.05, 3.63) is 53.1 Å². The molecule has 0 spiro atoms. The van der Waals surface area contributed by atoms with Gasteiger partial charge < -0.3 is 14.2 Å². The zero-order valence-electron chi connectivity index (χ0n) is 23.9. The lowest BCUT2D eigenvalue weighted by Gasteiger charge is -2.23. The van der Waals surface area contributed by atoms with Gasteiger partial charge >= 0.3 is 0 Å². The van der Waals surface area contributed by atoms with Crippen molar-refractivity contribution in [1.82, 2.24) is 0 Å². The van der Waals surface area contributed by atoms with Gasteiger partial charge in [0.25, 0.3) is 0 Å². The smallest absolute Gasteiger partial charge is 0.184 e. The quantitative estimate of drug-likeness (QED) is 0.150. The molecular weight excluding hydrogens is 458 g/mol. The van der Waals surface area contributed by atoms with Crippen LogP contribution in [0, 0.1) is 0 Å². The lowest BCUT2D eigenvalue weighted by Crippen LogP contribution is -2.30. The molecule has 1 heterocycles. The summed E-state index contributed by atoms with van der Waals surface area (Å²) in [5.41, 5.74) is 5.47. The first-order chi connectivity index (χ1) is 18.2. The monoisotopic (exact) mass is 508 g/mol. The average Bonchev–Trinajstić information content (AvgIpc) is 2.93. The summed E-state index contributed by atoms with van der Waals surface area (Å²) in [6.07, 6.45) is 16.1. The minimum absolute atomic E-state index is 0.765. The van der Waals surface area contributed by atoms with Crippen LogP contribution in [0.1, 0.15) is 108 Å². The summed E-state index contributed by atoms with van der Waals surface area (Å²) < 4.78 is 20.2. The number of fused-ring (bicyclic) bond motifs is 1. The van der Waals surface area contributed by atoms with E-state index in [9.17, 15) is 0 Å². The van der Waals surface area contributed by atoms with Crippen LogP contribution in [-0.4, -0.2) is 37.7 Å². The predicted molar refractivity (Wildman–Crippen MR) is 155 cm³/mol. The van der Waals surface area contributed by atoms with Crippen molar-refractivity contribution < 1.29 is 18.8 Å². The molecule has 0 aromatic heterocycles. The molecule has 0 atom stereocenters. The van der Waals surface area contributed by atoms with Gasteiger partial charge in [0, 0.05) is 29.5 Å². The minimum atomic E-state index is 0.765. The van der Waals surface area contributed by atoms with Crippen LogP contribution in [0.4, 0.5) is 0 Å². The summed E-state index contributed by atoms with van der Waals surface area (Å²) in [5, 5.41) is 0. The number of methoxy groups -OCH3 is 2. The van der Waals surface area contributed by atoms with E-state index in [0.717, 1.165) is 56.2 Å². The summed E-state index contributed by atoms with van der Waals surface area (Å²) in [4.78, 5) is 0. The maximum absolute atomic E-state index is 6.45. The van der Waals surface area contributed by atoms with Gasteiger partial charge in [-0.15, -0.1) is 0 Å². The first-order valence-corrected chi connectivity index (χ1v) is 14.8. The summed E-state index contributed by atoms with van der Waals surface area (Å²) in [5.74, 6) is 2.75. The molecule has 1 aliphatic heterocycles. The van der Waals surface area contributed by atoms with Gasteiger partial charge in [0.2, 0.25) is 0 Å². The Morgan fingerprint density at radius 2 is 1.41 bits per heavy atom. The van der Waals surface area contributed by atoms with Gasteiger partial charge in [-0.25, -0.2) is 4.58 Å². The van der Waals surface area contributed by atoms with Crippen LogP contribution in [0.15, 0.2) is 36.4 Å². The SMILES string of the molecule is CCCCCCCCOc1c(OC)ccc2c1CC[N+](Cc1ccc(OC)cc1)=C2CCCCCCC. The van der Waals surface area contributed by atoms with Crippen molar-refractivity contribution >= 4 is 5.71 Å². The van der Waals surface area contributed by atoms with E-state index >= 15 is 0 Å². The Hall–Kier alpha value is -2.49. The van der Waals surface area contributed by atoms with Crippen LogP contribution in [0.25, 0.3) is 0 Å². The Balaban J connectivity index is 1.81. The molecule has 204 valence electrons. The van der Waals surface area contributed by atoms with Crippen molar-refractivity contribution in [3.8, 4) is 17.2 Å². The number of benzene rings is 2. The van der Waals surface area contributed by atoms with E-state index in [2.05, 4.69) is 54.8 Å². The van der Waals surface area contributed by atoms with E-state index in [-0.39, 0.29) is 0 Å². The number of hydrogen-bond donors (Lipinski definition) is 0. The molecule has 0 fully saturated rings. The Kier molecular flexibility index (Phi) is 12.9.